The van der Waals surface area contributed by atoms with E-state index >= 15 is 0 Å². The highest BCUT2D eigenvalue weighted by atomic mass is 16.5. The first-order chi connectivity index (χ1) is 9.80. The van der Waals surface area contributed by atoms with Crippen LogP contribution in [0.2, 0.25) is 0 Å². The molecule has 1 saturated carbocycles. The van der Waals surface area contributed by atoms with E-state index in [1.807, 2.05) is 19.4 Å². The minimum atomic E-state index is -0.0554. The highest BCUT2D eigenvalue weighted by Crippen LogP contribution is 2.46. The summed E-state index contributed by atoms with van der Waals surface area (Å²) in [5.41, 5.74) is 2.30. The van der Waals surface area contributed by atoms with Gasteiger partial charge in [0.2, 0.25) is 0 Å². The van der Waals surface area contributed by atoms with E-state index in [-0.39, 0.29) is 11.6 Å². The van der Waals surface area contributed by atoms with Gasteiger partial charge in [0, 0.05) is 18.7 Å². The Bertz CT molecular complexity index is 582. The molecule has 1 heterocycles. The van der Waals surface area contributed by atoms with Crippen molar-refractivity contribution in [1.82, 2.24) is 10.3 Å². The van der Waals surface area contributed by atoms with Crippen molar-refractivity contribution < 1.29 is 4.74 Å². The summed E-state index contributed by atoms with van der Waals surface area (Å²) in [6.45, 7) is 3.09. The number of fused-ring (bicyclic) bond motifs is 1. The molecule has 1 fully saturated rings. The Kier molecular flexibility index (Phi) is 3.72. The quantitative estimate of drug-likeness (QED) is 0.903. The average molecular weight is 270 g/mol. The van der Waals surface area contributed by atoms with Crippen LogP contribution in [-0.2, 0) is 4.74 Å². The number of likely N-dealkylation sites (N-methyl/N-ethyl adjacent to an activating group) is 1. The zero-order valence-electron chi connectivity index (χ0n) is 12.2. The Morgan fingerprint density at radius 1 is 1.30 bits per heavy atom. The summed E-state index contributed by atoms with van der Waals surface area (Å²) in [7, 11) is 1.84. The molecule has 20 heavy (non-hydrogen) atoms. The van der Waals surface area contributed by atoms with E-state index < -0.39 is 0 Å². The fourth-order valence-corrected chi connectivity index (χ4v) is 3.30. The zero-order chi connectivity index (χ0) is 14.0. The fraction of sp³-hybridized carbons (Fsp3) is 0.471. The average Bonchev–Trinajstić information content (AvgIpc) is 2.45. The van der Waals surface area contributed by atoms with E-state index in [1.54, 1.807) is 0 Å². The summed E-state index contributed by atoms with van der Waals surface area (Å²) in [5, 5.41) is 4.86. The molecule has 1 aromatic carbocycles. The maximum Gasteiger partial charge on any atom is 0.0872 e. The van der Waals surface area contributed by atoms with E-state index in [0.717, 1.165) is 24.9 Å². The molecule has 0 amide bonds. The van der Waals surface area contributed by atoms with Gasteiger partial charge in [-0.15, -0.1) is 0 Å². The third-order valence-electron chi connectivity index (χ3n) is 4.53. The predicted octanol–water partition coefficient (Wildman–Crippen LogP) is 3.45. The number of hydrogen-bond acceptors (Lipinski definition) is 3. The Hall–Kier alpha value is -1.45. The maximum atomic E-state index is 5.91. The molecule has 1 aliphatic rings. The lowest BCUT2D eigenvalue weighted by molar-refractivity contribution is -0.0991. The molecular weight excluding hydrogens is 248 g/mol. The molecule has 1 aromatic heterocycles. The second-order valence-electron chi connectivity index (χ2n) is 5.53. The van der Waals surface area contributed by atoms with Crippen LogP contribution in [0.4, 0.5) is 0 Å². The van der Waals surface area contributed by atoms with Crippen molar-refractivity contribution >= 4 is 10.9 Å². The van der Waals surface area contributed by atoms with Gasteiger partial charge in [0.05, 0.1) is 17.2 Å². The lowest BCUT2D eigenvalue weighted by Gasteiger charge is -2.47. The smallest absolute Gasteiger partial charge is 0.0872 e. The number of methoxy groups -OCH3 is 1. The number of hydrogen-bond donors (Lipinski definition) is 1. The maximum absolute atomic E-state index is 5.91. The minimum Gasteiger partial charge on any atom is -0.376 e. The number of nitrogens with zero attached hydrogens (tertiary/aromatic N) is 1. The van der Waals surface area contributed by atoms with Crippen molar-refractivity contribution in [3.05, 3.63) is 42.1 Å². The Morgan fingerprint density at radius 3 is 2.80 bits per heavy atom. The summed E-state index contributed by atoms with van der Waals surface area (Å²) in [6, 6.07) is 10.8. The molecule has 0 aliphatic heterocycles. The molecule has 1 aliphatic carbocycles. The van der Waals surface area contributed by atoms with Crippen LogP contribution in [0.15, 0.2) is 36.5 Å². The molecular formula is C17H22N2O. The SMILES string of the molecule is CCNC(c1cccc2ncccc12)C1(OC)CCC1. The summed E-state index contributed by atoms with van der Waals surface area (Å²) in [5.74, 6) is 0. The van der Waals surface area contributed by atoms with Crippen LogP contribution >= 0.6 is 0 Å². The van der Waals surface area contributed by atoms with E-state index in [9.17, 15) is 0 Å². The van der Waals surface area contributed by atoms with Crippen molar-refractivity contribution in [1.29, 1.82) is 0 Å². The third kappa shape index (κ3) is 2.11. The van der Waals surface area contributed by atoms with Gasteiger partial charge < -0.3 is 10.1 Å². The Labute approximate surface area is 120 Å². The lowest BCUT2D eigenvalue weighted by Crippen LogP contribution is -2.50. The Balaban J connectivity index is 2.10. The predicted molar refractivity (Wildman–Crippen MR) is 81.8 cm³/mol. The topological polar surface area (TPSA) is 34.2 Å². The molecule has 0 radical (unpaired) electrons. The summed E-state index contributed by atoms with van der Waals surface area (Å²) in [4.78, 5) is 4.47. The first-order valence-corrected chi connectivity index (χ1v) is 7.43. The monoisotopic (exact) mass is 270 g/mol. The van der Waals surface area contributed by atoms with Gasteiger partial charge in [-0.2, -0.15) is 0 Å². The fourth-order valence-electron chi connectivity index (χ4n) is 3.30. The van der Waals surface area contributed by atoms with Crippen molar-refractivity contribution in [3.63, 3.8) is 0 Å². The third-order valence-corrected chi connectivity index (χ3v) is 4.53. The van der Waals surface area contributed by atoms with Gasteiger partial charge in [0.15, 0.2) is 0 Å². The van der Waals surface area contributed by atoms with Crippen LogP contribution in [0.5, 0.6) is 0 Å². The molecule has 2 aromatic rings. The highest BCUT2D eigenvalue weighted by molar-refractivity contribution is 5.82. The van der Waals surface area contributed by atoms with Gasteiger partial charge in [0.1, 0.15) is 0 Å². The number of aromatic nitrogens is 1. The van der Waals surface area contributed by atoms with Crippen molar-refractivity contribution in [2.45, 2.75) is 37.8 Å². The van der Waals surface area contributed by atoms with Crippen molar-refractivity contribution in [2.24, 2.45) is 0 Å². The molecule has 1 atom stereocenters. The molecule has 1 N–H and O–H groups in total. The molecule has 0 spiro atoms. The van der Waals surface area contributed by atoms with Crippen LogP contribution in [0, 0.1) is 0 Å². The zero-order valence-corrected chi connectivity index (χ0v) is 12.2. The van der Waals surface area contributed by atoms with Gasteiger partial charge in [-0.3, -0.25) is 4.98 Å². The standard InChI is InChI=1S/C17H22N2O/c1-3-18-16(17(20-2)10-6-11-17)14-7-4-9-15-13(14)8-5-12-19-15/h4-5,7-9,12,16,18H,3,6,10-11H2,1-2H3. The van der Waals surface area contributed by atoms with E-state index in [1.165, 1.54) is 17.4 Å². The molecule has 1 unspecified atom stereocenters. The second kappa shape index (κ2) is 5.51. The van der Waals surface area contributed by atoms with Crippen LogP contribution in [0.1, 0.15) is 37.8 Å². The first kappa shape index (κ1) is 13.5. The van der Waals surface area contributed by atoms with Gasteiger partial charge in [-0.25, -0.2) is 0 Å². The summed E-state index contributed by atoms with van der Waals surface area (Å²) >= 11 is 0. The summed E-state index contributed by atoms with van der Waals surface area (Å²) in [6.07, 6.45) is 5.35. The first-order valence-electron chi connectivity index (χ1n) is 7.43. The molecule has 0 bridgehead atoms. The van der Waals surface area contributed by atoms with Crippen molar-refractivity contribution in [3.8, 4) is 0 Å². The number of pyridine rings is 1. The van der Waals surface area contributed by atoms with Crippen LogP contribution in [-0.4, -0.2) is 24.2 Å². The summed E-state index contributed by atoms with van der Waals surface area (Å²) < 4.78 is 5.91. The lowest BCUT2D eigenvalue weighted by atomic mass is 9.71. The number of rotatable bonds is 5. The van der Waals surface area contributed by atoms with Crippen LogP contribution in [0.3, 0.4) is 0 Å². The molecule has 3 rings (SSSR count). The van der Waals surface area contributed by atoms with E-state index in [0.29, 0.717) is 0 Å². The number of ether oxygens (including phenoxy) is 1. The van der Waals surface area contributed by atoms with E-state index in [4.69, 9.17) is 4.74 Å². The number of nitrogens with one attached hydrogen (secondary N) is 1. The minimum absolute atomic E-state index is 0.0554. The largest absolute Gasteiger partial charge is 0.376 e. The normalized spacial score (nSPS) is 18.7. The number of benzene rings is 1. The van der Waals surface area contributed by atoms with E-state index in [2.05, 4.69) is 41.5 Å². The van der Waals surface area contributed by atoms with Gasteiger partial charge in [0.25, 0.3) is 0 Å². The molecule has 0 saturated heterocycles. The van der Waals surface area contributed by atoms with Crippen LogP contribution < -0.4 is 5.32 Å². The highest BCUT2D eigenvalue weighted by Gasteiger charge is 2.45. The molecule has 3 heteroatoms. The Morgan fingerprint density at radius 2 is 2.15 bits per heavy atom. The molecule has 106 valence electrons. The van der Waals surface area contributed by atoms with Crippen molar-refractivity contribution in [2.75, 3.05) is 13.7 Å². The van der Waals surface area contributed by atoms with Gasteiger partial charge in [-0.1, -0.05) is 25.1 Å². The molecule has 3 nitrogen and oxygen atoms in total. The van der Waals surface area contributed by atoms with Gasteiger partial charge in [-0.05, 0) is 43.5 Å². The van der Waals surface area contributed by atoms with Gasteiger partial charge >= 0.3 is 0 Å². The van der Waals surface area contributed by atoms with Crippen LogP contribution in [0.25, 0.3) is 10.9 Å². The second-order valence-corrected chi connectivity index (χ2v) is 5.53.